The van der Waals surface area contributed by atoms with E-state index >= 15 is 0 Å². The van der Waals surface area contributed by atoms with Gasteiger partial charge in [0.15, 0.2) is 0 Å². The molecule has 8 nitrogen and oxygen atoms in total. The fraction of sp³-hybridized carbons (Fsp3) is 0.321. The van der Waals surface area contributed by atoms with Gasteiger partial charge in [0, 0.05) is 54.5 Å². The molecule has 1 saturated carbocycles. The molecule has 3 aromatic rings. The summed E-state index contributed by atoms with van der Waals surface area (Å²) in [6.07, 6.45) is 3.44. The number of ether oxygens (including phenoxy) is 4. The van der Waals surface area contributed by atoms with Crippen molar-refractivity contribution >= 4 is 17.5 Å². The third-order valence-corrected chi connectivity index (χ3v) is 7.08. The lowest BCUT2D eigenvalue weighted by Gasteiger charge is -2.19. The zero-order valence-corrected chi connectivity index (χ0v) is 20.1. The number of amides is 1. The standard InChI is InChI=1S/C28H26N2O6/c1-33-18-10-15(11-19(13-18)34-2)9-16(31)12-22-26-21-14-17(3-5-23(21)36-27(22)26)35-24-7-8-29-28-20(24)4-6-25(32)30-28/h3,5,7-8,10-11,13-14,22,26-27H,4,6,9,12H2,1-2H3,(H,29,30,32)/t22-,26+,27-/m1/s1. The third-order valence-electron chi connectivity index (χ3n) is 7.08. The van der Waals surface area contributed by atoms with Crippen LogP contribution in [-0.4, -0.2) is 37.0 Å². The number of methoxy groups -OCH3 is 2. The van der Waals surface area contributed by atoms with Crippen molar-refractivity contribution in [2.75, 3.05) is 19.5 Å². The van der Waals surface area contributed by atoms with Gasteiger partial charge in [-0.2, -0.15) is 0 Å². The Balaban J connectivity index is 1.13. The molecule has 1 fully saturated rings. The Labute approximate surface area is 208 Å². The largest absolute Gasteiger partial charge is 0.497 e. The molecule has 0 saturated heterocycles. The van der Waals surface area contributed by atoms with Crippen molar-refractivity contribution in [1.82, 2.24) is 4.98 Å². The van der Waals surface area contributed by atoms with Crippen molar-refractivity contribution in [3.63, 3.8) is 0 Å². The predicted octanol–water partition coefficient (Wildman–Crippen LogP) is 4.45. The van der Waals surface area contributed by atoms with E-state index in [1.807, 2.05) is 36.4 Å². The monoisotopic (exact) mass is 486 g/mol. The van der Waals surface area contributed by atoms with Gasteiger partial charge in [0.25, 0.3) is 0 Å². The van der Waals surface area contributed by atoms with E-state index in [2.05, 4.69) is 10.3 Å². The number of nitrogens with one attached hydrogen (secondary N) is 1. The molecule has 0 unspecified atom stereocenters. The molecule has 2 aromatic carbocycles. The highest BCUT2D eigenvalue weighted by atomic mass is 16.5. The Morgan fingerprint density at radius 3 is 2.64 bits per heavy atom. The van der Waals surface area contributed by atoms with Crippen LogP contribution in [0.2, 0.25) is 0 Å². The summed E-state index contributed by atoms with van der Waals surface area (Å²) >= 11 is 0. The molecular formula is C28H26N2O6. The smallest absolute Gasteiger partial charge is 0.225 e. The van der Waals surface area contributed by atoms with Gasteiger partial charge in [-0.25, -0.2) is 4.98 Å². The maximum atomic E-state index is 12.9. The molecular weight excluding hydrogens is 460 g/mol. The Bertz CT molecular complexity index is 1350. The van der Waals surface area contributed by atoms with E-state index in [1.165, 1.54) is 0 Å². The first-order chi connectivity index (χ1) is 17.5. The summed E-state index contributed by atoms with van der Waals surface area (Å²) in [6.45, 7) is 0. The molecule has 3 heterocycles. The van der Waals surface area contributed by atoms with Crippen LogP contribution in [0.25, 0.3) is 0 Å². The Hall–Kier alpha value is -4.07. The molecule has 3 atom stereocenters. The lowest BCUT2D eigenvalue weighted by atomic mass is 10.0. The second-order valence-electron chi connectivity index (χ2n) is 9.40. The highest BCUT2D eigenvalue weighted by molar-refractivity contribution is 5.93. The third kappa shape index (κ3) is 4.12. The second-order valence-corrected chi connectivity index (χ2v) is 9.40. The fourth-order valence-electron chi connectivity index (χ4n) is 5.27. The van der Waals surface area contributed by atoms with Crippen molar-refractivity contribution in [3.8, 4) is 28.7 Å². The number of aromatic nitrogens is 1. The highest BCUT2D eigenvalue weighted by Crippen LogP contribution is 2.60. The van der Waals surface area contributed by atoms with Crippen LogP contribution in [0.4, 0.5) is 5.82 Å². The van der Waals surface area contributed by atoms with Crippen LogP contribution in [0.15, 0.2) is 48.7 Å². The van der Waals surface area contributed by atoms with E-state index in [0.29, 0.717) is 54.5 Å². The second kappa shape index (κ2) is 8.86. The maximum Gasteiger partial charge on any atom is 0.225 e. The van der Waals surface area contributed by atoms with Crippen LogP contribution in [0.5, 0.6) is 28.7 Å². The summed E-state index contributed by atoms with van der Waals surface area (Å²) in [6, 6.07) is 13.2. The molecule has 0 spiro atoms. The molecule has 1 aliphatic carbocycles. The van der Waals surface area contributed by atoms with Crippen molar-refractivity contribution in [2.24, 2.45) is 5.92 Å². The Kier molecular flexibility index (Phi) is 5.51. The van der Waals surface area contributed by atoms with Crippen molar-refractivity contribution in [2.45, 2.75) is 37.7 Å². The lowest BCUT2D eigenvalue weighted by molar-refractivity contribution is -0.119. The highest BCUT2D eigenvalue weighted by Gasteiger charge is 2.59. The van der Waals surface area contributed by atoms with Gasteiger partial charge in [-0.1, -0.05) is 0 Å². The minimum Gasteiger partial charge on any atom is -0.497 e. The number of ketones is 1. The van der Waals surface area contributed by atoms with Crippen LogP contribution in [-0.2, 0) is 22.4 Å². The fourth-order valence-corrected chi connectivity index (χ4v) is 5.27. The number of Topliss-reactive ketones (excluding diaryl/α,β-unsaturated/α-hetero) is 1. The molecule has 6 rings (SSSR count). The first-order valence-corrected chi connectivity index (χ1v) is 12.0. The van der Waals surface area contributed by atoms with Gasteiger partial charge in [0.2, 0.25) is 5.91 Å². The molecule has 184 valence electrons. The molecule has 8 heteroatoms. The molecule has 1 amide bonds. The van der Waals surface area contributed by atoms with Crippen molar-refractivity contribution < 1.29 is 28.5 Å². The van der Waals surface area contributed by atoms with Crippen molar-refractivity contribution in [1.29, 1.82) is 0 Å². The number of benzene rings is 2. The SMILES string of the molecule is COc1cc(CC(=O)C[C@H]2[C@H]3Oc4ccc(Oc5ccnc6c5CCC(=O)N6)cc4[C@@H]23)cc(OC)c1. The summed E-state index contributed by atoms with van der Waals surface area (Å²) in [5, 5.41) is 2.80. The van der Waals surface area contributed by atoms with Crippen molar-refractivity contribution in [3.05, 3.63) is 65.4 Å². The first-order valence-electron chi connectivity index (χ1n) is 12.0. The van der Waals surface area contributed by atoms with Gasteiger partial charge < -0.3 is 24.3 Å². The van der Waals surface area contributed by atoms with Gasteiger partial charge in [-0.05, 0) is 48.4 Å². The number of pyridine rings is 1. The summed E-state index contributed by atoms with van der Waals surface area (Å²) in [5.41, 5.74) is 2.85. The average Bonchev–Trinajstić information content (AvgIpc) is 3.39. The number of nitrogens with zero attached hydrogens (tertiary/aromatic N) is 1. The summed E-state index contributed by atoms with van der Waals surface area (Å²) in [4.78, 5) is 28.8. The number of fused-ring (bicyclic) bond motifs is 4. The van der Waals surface area contributed by atoms with Crippen LogP contribution >= 0.6 is 0 Å². The average molecular weight is 487 g/mol. The number of hydrogen-bond acceptors (Lipinski definition) is 7. The zero-order valence-electron chi connectivity index (χ0n) is 20.1. The van der Waals surface area contributed by atoms with E-state index in [0.717, 1.165) is 22.4 Å². The van der Waals surface area contributed by atoms with E-state index in [4.69, 9.17) is 18.9 Å². The lowest BCUT2D eigenvalue weighted by Crippen LogP contribution is -2.20. The van der Waals surface area contributed by atoms with Gasteiger partial charge in [0.1, 0.15) is 46.5 Å². The Morgan fingerprint density at radius 1 is 1.06 bits per heavy atom. The molecule has 2 aliphatic heterocycles. The van der Waals surface area contributed by atoms with Gasteiger partial charge in [-0.3, -0.25) is 9.59 Å². The van der Waals surface area contributed by atoms with Gasteiger partial charge >= 0.3 is 0 Å². The van der Waals surface area contributed by atoms with Gasteiger partial charge in [-0.15, -0.1) is 0 Å². The minimum atomic E-state index is -0.0345. The van der Waals surface area contributed by atoms with Crippen LogP contribution < -0.4 is 24.3 Å². The first kappa shape index (κ1) is 22.4. The molecule has 3 aliphatic rings. The zero-order chi connectivity index (χ0) is 24.8. The van der Waals surface area contributed by atoms with Crippen LogP contribution in [0.1, 0.15) is 35.4 Å². The number of anilines is 1. The predicted molar refractivity (Wildman–Crippen MR) is 131 cm³/mol. The maximum absolute atomic E-state index is 12.9. The van der Waals surface area contributed by atoms with Crippen LogP contribution in [0, 0.1) is 5.92 Å². The van der Waals surface area contributed by atoms with E-state index in [1.54, 1.807) is 26.5 Å². The molecule has 0 bridgehead atoms. The summed E-state index contributed by atoms with van der Waals surface area (Å²) < 4.78 is 23.0. The molecule has 1 aromatic heterocycles. The number of carbonyl (C=O) groups excluding carboxylic acids is 2. The van der Waals surface area contributed by atoms with E-state index in [9.17, 15) is 9.59 Å². The van der Waals surface area contributed by atoms with E-state index in [-0.39, 0.29) is 29.6 Å². The normalized spacial score (nSPS) is 20.8. The van der Waals surface area contributed by atoms with Gasteiger partial charge in [0.05, 0.1) is 14.2 Å². The minimum absolute atomic E-state index is 0.0305. The molecule has 0 radical (unpaired) electrons. The van der Waals surface area contributed by atoms with E-state index < -0.39 is 0 Å². The number of carbonyl (C=O) groups is 2. The number of rotatable bonds is 8. The summed E-state index contributed by atoms with van der Waals surface area (Å²) in [7, 11) is 3.19. The molecule has 36 heavy (non-hydrogen) atoms. The number of hydrogen-bond donors (Lipinski definition) is 1. The quantitative estimate of drug-likeness (QED) is 0.502. The topological polar surface area (TPSA) is 96.0 Å². The molecule has 1 N–H and O–H groups in total. The summed E-state index contributed by atoms with van der Waals surface area (Å²) in [5.74, 6) is 4.61. The Morgan fingerprint density at radius 2 is 1.86 bits per heavy atom. The van der Waals surface area contributed by atoms with Crippen LogP contribution in [0.3, 0.4) is 0 Å².